The van der Waals surface area contributed by atoms with Gasteiger partial charge >= 0.3 is 5.97 Å². The molecule has 0 amide bonds. The number of rotatable bonds is 22. The van der Waals surface area contributed by atoms with Gasteiger partial charge in [0.1, 0.15) is 23.2 Å². The number of nitrogens with one attached hydrogen (secondary N) is 2. The molecule has 1 atom stereocenters. The Balaban J connectivity index is 2.01. The third-order valence-electron chi connectivity index (χ3n) is 6.82. The topological polar surface area (TPSA) is 111 Å². The lowest BCUT2D eigenvalue weighted by Gasteiger charge is -2.28. The SMILES string of the molecule is CCCCCCN(CCCCCC)c1c(NN[C@@H](Cc2ccc(OCCCN(C)C)cc2)C(=O)O)c(=O)c1=O. The van der Waals surface area contributed by atoms with E-state index in [-0.39, 0.29) is 12.1 Å². The third kappa shape index (κ3) is 11.0. The standard InChI is InChI=1S/C30H48N4O5/c1-5-7-9-11-19-34(20-12-10-8-6-2)27-26(28(35)29(27)36)32-31-25(30(37)38)22-23-14-16-24(17-15-23)39-21-13-18-33(3)4/h14-17,25,31-32H,5-13,18-22H2,1-4H3,(H,37,38)/t25-/m0/s1. The van der Waals surface area contributed by atoms with Gasteiger partial charge in [0.15, 0.2) is 0 Å². The van der Waals surface area contributed by atoms with Crippen LogP contribution in [0.2, 0.25) is 0 Å². The van der Waals surface area contributed by atoms with Crippen LogP contribution in [0.15, 0.2) is 33.9 Å². The van der Waals surface area contributed by atoms with Crippen LogP contribution in [0, 0.1) is 0 Å². The van der Waals surface area contributed by atoms with Crippen molar-refractivity contribution < 1.29 is 14.6 Å². The van der Waals surface area contributed by atoms with Gasteiger partial charge in [-0.25, -0.2) is 5.43 Å². The summed E-state index contributed by atoms with van der Waals surface area (Å²) >= 11 is 0. The molecule has 2 aromatic rings. The highest BCUT2D eigenvalue weighted by Crippen LogP contribution is 2.22. The van der Waals surface area contributed by atoms with Crippen molar-refractivity contribution in [3.63, 3.8) is 0 Å². The number of benzene rings is 1. The van der Waals surface area contributed by atoms with E-state index >= 15 is 0 Å². The predicted octanol–water partition coefficient (Wildman–Crippen LogP) is 4.19. The number of anilines is 2. The molecule has 0 aliphatic rings. The molecule has 2 rings (SSSR count). The minimum Gasteiger partial charge on any atom is -0.494 e. The molecule has 218 valence electrons. The zero-order chi connectivity index (χ0) is 28.6. The number of hydrogen-bond acceptors (Lipinski definition) is 8. The number of ether oxygens (including phenoxy) is 1. The molecule has 3 N–H and O–H groups in total. The summed E-state index contributed by atoms with van der Waals surface area (Å²) in [5.41, 5.74) is 5.83. The van der Waals surface area contributed by atoms with E-state index in [0.717, 1.165) is 75.6 Å². The van der Waals surface area contributed by atoms with Gasteiger partial charge in [0.05, 0.1) is 6.61 Å². The maximum absolute atomic E-state index is 12.6. The maximum atomic E-state index is 12.6. The normalized spacial score (nSPS) is 12.1. The molecule has 0 spiro atoms. The molecule has 9 heteroatoms. The van der Waals surface area contributed by atoms with Crippen LogP contribution in [-0.4, -0.2) is 62.4 Å². The molecule has 0 bridgehead atoms. The largest absolute Gasteiger partial charge is 0.494 e. The van der Waals surface area contributed by atoms with Crippen molar-refractivity contribution in [2.75, 3.05) is 50.7 Å². The van der Waals surface area contributed by atoms with Gasteiger partial charge in [0, 0.05) is 26.1 Å². The summed E-state index contributed by atoms with van der Waals surface area (Å²) < 4.78 is 5.75. The second-order valence-corrected chi connectivity index (χ2v) is 10.5. The highest BCUT2D eigenvalue weighted by Gasteiger charge is 2.27. The molecule has 0 fully saturated rings. The maximum Gasteiger partial charge on any atom is 0.322 e. The van der Waals surface area contributed by atoms with Crippen molar-refractivity contribution in [3.05, 3.63) is 50.3 Å². The van der Waals surface area contributed by atoms with Crippen LogP contribution in [-0.2, 0) is 11.2 Å². The summed E-state index contributed by atoms with van der Waals surface area (Å²) in [5.74, 6) is -0.315. The predicted molar refractivity (Wildman–Crippen MR) is 159 cm³/mol. The molecule has 0 radical (unpaired) electrons. The molecule has 0 aliphatic heterocycles. The van der Waals surface area contributed by atoms with Crippen LogP contribution in [0.1, 0.15) is 77.2 Å². The van der Waals surface area contributed by atoms with Crippen LogP contribution >= 0.6 is 0 Å². The van der Waals surface area contributed by atoms with E-state index in [4.69, 9.17) is 4.74 Å². The lowest BCUT2D eigenvalue weighted by molar-refractivity contribution is -0.139. The molecular formula is C30H48N4O5. The number of aliphatic carboxylic acids is 1. The van der Waals surface area contributed by atoms with Gasteiger partial charge in [-0.15, -0.1) is 0 Å². The lowest BCUT2D eigenvalue weighted by atomic mass is 10.1. The Labute approximate surface area is 233 Å². The summed E-state index contributed by atoms with van der Waals surface area (Å²) in [5, 5.41) is 9.80. The summed E-state index contributed by atoms with van der Waals surface area (Å²) in [4.78, 5) is 41.1. The zero-order valence-corrected chi connectivity index (χ0v) is 24.3. The summed E-state index contributed by atoms with van der Waals surface area (Å²) in [6.45, 7) is 7.27. The first-order valence-corrected chi connectivity index (χ1v) is 14.5. The molecule has 0 aromatic heterocycles. The van der Waals surface area contributed by atoms with Crippen LogP contribution in [0.4, 0.5) is 11.4 Å². The second kappa shape index (κ2) is 17.6. The van der Waals surface area contributed by atoms with Gasteiger partial charge in [0.25, 0.3) is 10.9 Å². The fourth-order valence-corrected chi connectivity index (χ4v) is 4.48. The summed E-state index contributed by atoms with van der Waals surface area (Å²) in [7, 11) is 4.04. The van der Waals surface area contributed by atoms with Gasteiger partial charge in [-0.3, -0.25) is 14.4 Å². The number of nitrogens with zero attached hydrogens (tertiary/aromatic N) is 2. The molecule has 0 saturated carbocycles. The van der Waals surface area contributed by atoms with Crippen LogP contribution < -0.4 is 31.3 Å². The van der Waals surface area contributed by atoms with Crippen molar-refractivity contribution in [3.8, 4) is 5.75 Å². The molecular weight excluding hydrogens is 496 g/mol. The number of carboxylic acid groups (broad SMARTS) is 1. The average Bonchev–Trinajstić information content (AvgIpc) is 2.92. The molecule has 0 aliphatic carbocycles. The van der Waals surface area contributed by atoms with E-state index < -0.39 is 22.9 Å². The Hall–Kier alpha value is -2.91. The fourth-order valence-electron chi connectivity index (χ4n) is 4.48. The molecule has 0 saturated heterocycles. The highest BCUT2D eigenvalue weighted by molar-refractivity contribution is 5.77. The van der Waals surface area contributed by atoms with Crippen LogP contribution in [0.3, 0.4) is 0 Å². The van der Waals surface area contributed by atoms with Crippen molar-refractivity contribution in [2.45, 2.75) is 84.1 Å². The molecule has 39 heavy (non-hydrogen) atoms. The Bertz CT molecular complexity index is 1030. The van der Waals surface area contributed by atoms with E-state index in [1.54, 1.807) is 0 Å². The number of hydrazine groups is 1. The first-order valence-electron chi connectivity index (χ1n) is 14.5. The van der Waals surface area contributed by atoms with Gasteiger partial charge in [-0.05, 0) is 51.1 Å². The smallest absolute Gasteiger partial charge is 0.322 e. The third-order valence-corrected chi connectivity index (χ3v) is 6.82. The van der Waals surface area contributed by atoms with E-state index in [2.05, 4.69) is 29.6 Å². The highest BCUT2D eigenvalue weighted by atomic mass is 16.5. The van der Waals surface area contributed by atoms with Gasteiger partial charge in [-0.1, -0.05) is 64.5 Å². The summed E-state index contributed by atoms with van der Waals surface area (Å²) in [6.07, 6.45) is 9.65. The lowest BCUT2D eigenvalue weighted by Crippen LogP contribution is -2.49. The van der Waals surface area contributed by atoms with Gasteiger partial charge in [0.2, 0.25) is 0 Å². The van der Waals surface area contributed by atoms with E-state index in [1.165, 1.54) is 0 Å². The van der Waals surface area contributed by atoms with Crippen LogP contribution in [0.5, 0.6) is 5.75 Å². The van der Waals surface area contributed by atoms with Gasteiger partial charge < -0.3 is 25.1 Å². The summed E-state index contributed by atoms with van der Waals surface area (Å²) in [6, 6.07) is 6.37. The van der Waals surface area contributed by atoms with E-state index in [9.17, 15) is 19.5 Å². The quantitative estimate of drug-likeness (QED) is 0.114. The van der Waals surface area contributed by atoms with E-state index in [0.29, 0.717) is 25.4 Å². The van der Waals surface area contributed by atoms with Crippen molar-refractivity contribution in [1.82, 2.24) is 10.3 Å². The van der Waals surface area contributed by atoms with Crippen LogP contribution in [0.25, 0.3) is 0 Å². The molecule has 2 aromatic carbocycles. The molecule has 0 unspecified atom stereocenters. The molecule has 0 heterocycles. The number of unbranched alkanes of at least 4 members (excludes halogenated alkanes) is 6. The van der Waals surface area contributed by atoms with Gasteiger partial charge in [-0.2, -0.15) is 0 Å². The Kier molecular flexibility index (Phi) is 14.6. The van der Waals surface area contributed by atoms with Crippen molar-refractivity contribution >= 4 is 17.3 Å². The second-order valence-electron chi connectivity index (χ2n) is 10.5. The number of carbonyl (C=O) groups is 1. The Morgan fingerprint density at radius 2 is 1.49 bits per heavy atom. The minimum absolute atomic E-state index is 0.165. The molecule has 9 nitrogen and oxygen atoms in total. The first kappa shape index (κ1) is 32.3. The Morgan fingerprint density at radius 3 is 2.03 bits per heavy atom. The van der Waals surface area contributed by atoms with E-state index in [1.807, 2.05) is 43.3 Å². The zero-order valence-electron chi connectivity index (χ0n) is 24.3. The number of carboxylic acids is 1. The fraction of sp³-hybridized carbons (Fsp3) is 0.633. The minimum atomic E-state index is -1.05. The Morgan fingerprint density at radius 1 is 0.872 bits per heavy atom. The van der Waals surface area contributed by atoms with Crippen molar-refractivity contribution in [2.24, 2.45) is 0 Å². The first-order chi connectivity index (χ1) is 18.8. The van der Waals surface area contributed by atoms with Crippen molar-refractivity contribution in [1.29, 1.82) is 0 Å². The number of hydrogen-bond donors (Lipinski definition) is 3. The average molecular weight is 545 g/mol. The monoisotopic (exact) mass is 544 g/mol.